The van der Waals surface area contributed by atoms with E-state index < -0.39 is 0 Å². The van der Waals surface area contributed by atoms with Crippen molar-refractivity contribution in [2.45, 2.75) is 18.8 Å². The normalized spacial score (nSPS) is 15.3. The quantitative estimate of drug-likeness (QED) is 0.866. The van der Waals surface area contributed by atoms with Crippen LogP contribution in [0.1, 0.15) is 24.5 Å². The summed E-state index contributed by atoms with van der Waals surface area (Å²) in [5.41, 5.74) is 8.68. The number of nitrogens with zero attached hydrogens (tertiary/aromatic N) is 1. The van der Waals surface area contributed by atoms with Gasteiger partial charge < -0.3 is 10.3 Å². The van der Waals surface area contributed by atoms with E-state index >= 15 is 0 Å². The lowest BCUT2D eigenvalue weighted by molar-refractivity contribution is 0.428. The summed E-state index contributed by atoms with van der Waals surface area (Å²) >= 11 is 5.97. The standard InChI is InChI=1S/C12H11ClN2O/c13-9-3-1-2-8(6-9)10-11(7-4-5-7)15-16-12(10)14/h1-3,6-7H,4-5,14H2. The molecule has 2 N–H and O–H groups in total. The Morgan fingerprint density at radius 2 is 2.19 bits per heavy atom. The zero-order valence-corrected chi connectivity index (χ0v) is 9.37. The number of halogens is 1. The van der Waals surface area contributed by atoms with Crippen LogP contribution in [0.3, 0.4) is 0 Å². The topological polar surface area (TPSA) is 52.0 Å². The van der Waals surface area contributed by atoms with Crippen molar-refractivity contribution in [3.63, 3.8) is 0 Å². The van der Waals surface area contributed by atoms with Gasteiger partial charge in [0.2, 0.25) is 5.88 Å². The van der Waals surface area contributed by atoms with Crippen LogP contribution in [0.15, 0.2) is 28.8 Å². The number of benzene rings is 1. The predicted molar refractivity (Wildman–Crippen MR) is 63.3 cm³/mol. The van der Waals surface area contributed by atoms with Crippen LogP contribution < -0.4 is 5.73 Å². The molecule has 1 aromatic heterocycles. The first-order valence-corrected chi connectivity index (χ1v) is 5.64. The number of rotatable bonds is 2. The highest BCUT2D eigenvalue weighted by atomic mass is 35.5. The molecule has 1 saturated carbocycles. The Balaban J connectivity index is 2.14. The highest BCUT2D eigenvalue weighted by Crippen LogP contribution is 2.45. The van der Waals surface area contributed by atoms with E-state index in [2.05, 4.69) is 5.16 Å². The maximum atomic E-state index is 5.97. The minimum Gasteiger partial charge on any atom is -0.367 e. The van der Waals surface area contributed by atoms with Crippen LogP contribution in [0.2, 0.25) is 5.02 Å². The van der Waals surface area contributed by atoms with Crippen LogP contribution >= 0.6 is 11.6 Å². The van der Waals surface area contributed by atoms with E-state index in [1.807, 2.05) is 24.3 Å². The summed E-state index contributed by atoms with van der Waals surface area (Å²) in [6, 6.07) is 7.60. The molecule has 1 aliphatic rings. The second-order valence-electron chi connectivity index (χ2n) is 4.09. The van der Waals surface area contributed by atoms with Gasteiger partial charge in [-0.2, -0.15) is 0 Å². The lowest BCUT2D eigenvalue weighted by Crippen LogP contribution is -1.89. The molecule has 1 fully saturated rings. The molecule has 4 heteroatoms. The average Bonchev–Trinajstić information content (AvgIpc) is 3.02. The van der Waals surface area contributed by atoms with Gasteiger partial charge in [-0.3, -0.25) is 0 Å². The third-order valence-corrected chi connectivity index (χ3v) is 3.06. The molecule has 1 heterocycles. The maximum Gasteiger partial charge on any atom is 0.230 e. The molecule has 82 valence electrons. The predicted octanol–water partition coefficient (Wildman–Crippen LogP) is 3.45. The van der Waals surface area contributed by atoms with Crippen LogP contribution in [0.5, 0.6) is 0 Å². The van der Waals surface area contributed by atoms with Crippen molar-refractivity contribution in [1.82, 2.24) is 5.16 Å². The smallest absolute Gasteiger partial charge is 0.230 e. The van der Waals surface area contributed by atoms with Crippen molar-refractivity contribution >= 4 is 17.5 Å². The number of anilines is 1. The number of hydrogen-bond donors (Lipinski definition) is 1. The van der Waals surface area contributed by atoms with E-state index in [4.69, 9.17) is 21.9 Å². The van der Waals surface area contributed by atoms with Crippen molar-refractivity contribution in [2.24, 2.45) is 0 Å². The minimum atomic E-state index is 0.379. The largest absolute Gasteiger partial charge is 0.367 e. The molecule has 0 unspecified atom stereocenters. The summed E-state index contributed by atoms with van der Waals surface area (Å²) in [6.07, 6.45) is 2.33. The second kappa shape index (κ2) is 3.52. The molecular formula is C12H11ClN2O. The molecule has 3 nitrogen and oxygen atoms in total. The van der Waals surface area contributed by atoms with E-state index in [9.17, 15) is 0 Å². The van der Waals surface area contributed by atoms with Gasteiger partial charge >= 0.3 is 0 Å². The van der Waals surface area contributed by atoms with Crippen molar-refractivity contribution in [3.8, 4) is 11.1 Å². The zero-order valence-electron chi connectivity index (χ0n) is 8.61. The van der Waals surface area contributed by atoms with Gasteiger partial charge in [0.15, 0.2) is 0 Å². The van der Waals surface area contributed by atoms with Gasteiger partial charge in [-0.1, -0.05) is 28.9 Å². The number of aromatic nitrogens is 1. The van der Waals surface area contributed by atoms with E-state index in [0.29, 0.717) is 16.8 Å². The molecule has 0 radical (unpaired) electrons. The van der Waals surface area contributed by atoms with E-state index in [0.717, 1.165) is 16.8 Å². The molecular weight excluding hydrogens is 224 g/mol. The summed E-state index contributed by atoms with van der Waals surface area (Å²) in [5.74, 6) is 0.888. The van der Waals surface area contributed by atoms with Gasteiger partial charge in [-0.05, 0) is 30.5 Å². The van der Waals surface area contributed by atoms with Crippen molar-refractivity contribution < 1.29 is 4.52 Å². The Hall–Kier alpha value is -1.48. The Kier molecular flexibility index (Phi) is 2.14. The van der Waals surface area contributed by atoms with Crippen LogP contribution in [0, 0.1) is 0 Å². The Bertz CT molecular complexity index is 532. The summed E-state index contributed by atoms with van der Waals surface area (Å²) in [7, 11) is 0. The summed E-state index contributed by atoms with van der Waals surface area (Å²) in [5, 5.41) is 4.73. The first kappa shape index (κ1) is 9.73. The molecule has 0 saturated heterocycles. The third kappa shape index (κ3) is 1.57. The van der Waals surface area contributed by atoms with Gasteiger partial charge in [0, 0.05) is 10.9 Å². The lowest BCUT2D eigenvalue weighted by atomic mass is 10.0. The highest BCUT2D eigenvalue weighted by molar-refractivity contribution is 6.30. The van der Waals surface area contributed by atoms with Crippen LogP contribution in [-0.4, -0.2) is 5.16 Å². The second-order valence-corrected chi connectivity index (χ2v) is 4.53. The highest BCUT2D eigenvalue weighted by Gasteiger charge is 2.31. The number of nitrogen functional groups attached to an aromatic ring is 1. The summed E-state index contributed by atoms with van der Waals surface area (Å²) in [4.78, 5) is 0. The molecule has 1 aliphatic carbocycles. The lowest BCUT2D eigenvalue weighted by Gasteiger charge is -2.01. The average molecular weight is 235 g/mol. The van der Waals surface area contributed by atoms with Crippen LogP contribution in [0.25, 0.3) is 11.1 Å². The molecule has 0 amide bonds. The van der Waals surface area contributed by atoms with E-state index in [1.165, 1.54) is 12.8 Å². The van der Waals surface area contributed by atoms with E-state index in [-0.39, 0.29) is 0 Å². The first-order chi connectivity index (χ1) is 7.75. The monoisotopic (exact) mass is 234 g/mol. The van der Waals surface area contributed by atoms with E-state index in [1.54, 1.807) is 0 Å². The number of hydrogen-bond acceptors (Lipinski definition) is 3. The van der Waals surface area contributed by atoms with Crippen molar-refractivity contribution in [1.29, 1.82) is 0 Å². The summed E-state index contributed by atoms with van der Waals surface area (Å²) < 4.78 is 5.08. The first-order valence-electron chi connectivity index (χ1n) is 5.26. The molecule has 0 bridgehead atoms. The van der Waals surface area contributed by atoms with Crippen molar-refractivity contribution in [2.75, 3.05) is 5.73 Å². The molecule has 16 heavy (non-hydrogen) atoms. The maximum absolute atomic E-state index is 5.97. The molecule has 2 aromatic rings. The molecule has 3 rings (SSSR count). The third-order valence-electron chi connectivity index (χ3n) is 2.82. The van der Waals surface area contributed by atoms with Gasteiger partial charge in [0.1, 0.15) is 0 Å². The van der Waals surface area contributed by atoms with Gasteiger partial charge in [0.05, 0.1) is 11.3 Å². The van der Waals surface area contributed by atoms with Gasteiger partial charge in [0.25, 0.3) is 0 Å². The zero-order chi connectivity index (χ0) is 11.1. The summed E-state index contributed by atoms with van der Waals surface area (Å²) in [6.45, 7) is 0. The molecule has 0 atom stereocenters. The van der Waals surface area contributed by atoms with Crippen LogP contribution in [0.4, 0.5) is 5.88 Å². The van der Waals surface area contributed by atoms with Crippen LogP contribution in [-0.2, 0) is 0 Å². The molecule has 1 aromatic carbocycles. The van der Waals surface area contributed by atoms with Gasteiger partial charge in [-0.15, -0.1) is 0 Å². The fraction of sp³-hybridized carbons (Fsp3) is 0.250. The number of nitrogens with two attached hydrogens (primary N) is 1. The van der Waals surface area contributed by atoms with Crippen molar-refractivity contribution in [3.05, 3.63) is 35.0 Å². The fourth-order valence-electron chi connectivity index (χ4n) is 1.89. The Labute approximate surface area is 98.2 Å². The molecule has 0 spiro atoms. The van der Waals surface area contributed by atoms with Gasteiger partial charge in [-0.25, -0.2) is 0 Å². The SMILES string of the molecule is Nc1onc(C2CC2)c1-c1cccc(Cl)c1. The Morgan fingerprint density at radius 3 is 2.88 bits per heavy atom. The minimum absolute atomic E-state index is 0.379. The Morgan fingerprint density at radius 1 is 1.38 bits per heavy atom. The molecule has 0 aliphatic heterocycles. The fourth-order valence-corrected chi connectivity index (χ4v) is 2.08.